The average Bonchev–Trinajstić information content (AvgIpc) is 2.79. The molecule has 0 unspecified atom stereocenters. The van der Waals surface area contributed by atoms with E-state index in [0.29, 0.717) is 28.3 Å². The first kappa shape index (κ1) is 19.4. The Morgan fingerprint density at radius 3 is 2.13 bits per heavy atom. The van der Waals surface area contributed by atoms with Gasteiger partial charge in [-0.3, -0.25) is 9.69 Å². The van der Waals surface area contributed by atoms with Gasteiger partial charge in [-0.25, -0.2) is 0 Å². The van der Waals surface area contributed by atoms with Crippen LogP contribution >= 0.6 is 0 Å². The molecule has 154 valence electrons. The number of nitrogens with one attached hydrogen (secondary N) is 1. The van der Waals surface area contributed by atoms with Crippen LogP contribution in [0.2, 0.25) is 0 Å². The van der Waals surface area contributed by atoms with Gasteiger partial charge in [0.25, 0.3) is 5.91 Å². The molecule has 1 atom stereocenters. The molecule has 0 aliphatic carbocycles. The van der Waals surface area contributed by atoms with Gasteiger partial charge in [0.2, 0.25) is 5.75 Å². The maximum Gasteiger partial charge on any atom is 0.262 e. The predicted octanol–water partition coefficient (Wildman–Crippen LogP) is 4.19. The van der Waals surface area contributed by atoms with Crippen molar-refractivity contribution in [3.05, 3.63) is 71.8 Å². The summed E-state index contributed by atoms with van der Waals surface area (Å²) < 4.78 is 16.1. The molecule has 0 spiro atoms. The molecule has 2 N–H and O–H groups in total. The third kappa shape index (κ3) is 3.14. The summed E-state index contributed by atoms with van der Waals surface area (Å²) in [6.07, 6.45) is -0.591. The van der Waals surface area contributed by atoms with Crippen LogP contribution in [-0.2, 0) is 0 Å². The Balaban J connectivity index is 1.93. The van der Waals surface area contributed by atoms with Gasteiger partial charge in [0.1, 0.15) is 11.9 Å². The molecule has 7 nitrogen and oxygen atoms in total. The molecule has 0 saturated heterocycles. The number of rotatable bonds is 5. The number of amides is 1. The third-order valence-corrected chi connectivity index (χ3v) is 5.09. The van der Waals surface area contributed by atoms with Crippen molar-refractivity contribution >= 4 is 17.3 Å². The van der Waals surface area contributed by atoms with E-state index in [4.69, 9.17) is 14.2 Å². The number of hydrogen-bond donors (Lipinski definition) is 2. The van der Waals surface area contributed by atoms with Crippen molar-refractivity contribution in [2.75, 3.05) is 31.5 Å². The molecule has 1 aliphatic heterocycles. The van der Waals surface area contributed by atoms with Crippen LogP contribution < -0.4 is 24.4 Å². The van der Waals surface area contributed by atoms with E-state index >= 15 is 0 Å². The molecule has 30 heavy (non-hydrogen) atoms. The monoisotopic (exact) mass is 406 g/mol. The van der Waals surface area contributed by atoms with E-state index < -0.39 is 6.17 Å². The van der Waals surface area contributed by atoms with Gasteiger partial charge >= 0.3 is 0 Å². The van der Waals surface area contributed by atoms with Gasteiger partial charge in [-0.15, -0.1) is 0 Å². The molecule has 7 heteroatoms. The first-order valence-electron chi connectivity index (χ1n) is 9.36. The zero-order chi connectivity index (χ0) is 21.3. The number of ether oxygens (including phenoxy) is 3. The second-order valence-electron chi connectivity index (χ2n) is 6.71. The van der Waals surface area contributed by atoms with Crippen molar-refractivity contribution in [2.45, 2.75) is 6.17 Å². The minimum absolute atomic E-state index is 0.102. The van der Waals surface area contributed by atoms with Crippen molar-refractivity contribution in [3.63, 3.8) is 0 Å². The summed E-state index contributed by atoms with van der Waals surface area (Å²) in [6.45, 7) is 0. The summed E-state index contributed by atoms with van der Waals surface area (Å²) in [6, 6.07) is 18.0. The number of fused-ring (bicyclic) bond motifs is 1. The van der Waals surface area contributed by atoms with Crippen LogP contribution in [0.25, 0.3) is 0 Å². The molecular weight excluding hydrogens is 384 g/mol. The summed E-state index contributed by atoms with van der Waals surface area (Å²) in [5.74, 6) is 0.782. The smallest absolute Gasteiger partial charge is 0.262 e. The van der Waals surface area contributed by atoms with Crippen LogP contribution in [0.15, 0.2) is 60.7 Å². The van der Waals surface area contributed by atoms with Crippen molar-refractivity contribution in [2.24, 2.45) is 0 Å². The lowest BCUT2D eigenvalue weighted by Crippen LogP contribution is -2.43. The number of aromatic hydroxyl groups is 1. The number of carbonyl (C=O) groups excluding carboxylic acids is 1. The first-order chi connectivity index (χ1) is 14.6. The van der Waals surface area contributed by atoms with Crippen LogP contribution in [0.4, 0.5) is 11.4 Å². The Hall–Kier alpha value is -3.87. The fourth-order valence-electron chi connectivity index (χ4n) is 3.64. The van der Waals surface area contributed by atoms with E-state index in [1.54, 1.807) is 36.3 Å². The standard InChI is InChI=1S/C23H22N2O5/c1-28-18-11-7-6-10-17(18)25-22(24-16-9-5-4-8-15(16)23(25)27)14-12-19(29-2)21(26)20(13-14)30-3/h4-13,22,24,26H,1-3H3/t22-/m0/s1. The first-order valence-corrected chi connectivity index (χ1v) is 9.36. The summed E-state index contributed by atoms with van der Waals surface area (Å²) >= 11 is 0. The lowest BCUT2D eigenvalue weighted by molar-refractivity contribution is 0.0974. The lowest BCUT2D eigenvalue weighted by atomic mass is 10.0. The van der Waals surface area contributed by atoms with Gasteiger partial charge in [-0.05, 0) is 36.4 Å². The zero-order valence-corrected chi connectivity index (χ0v) is 16.9. The van der Waals surface area contributed by atoms with Gasteiger partial charge in [-0.2, -0.15) is 0 Å². The fraction of sp³-hybridized carbons (Fsp3) is 0.174. The number of phenols is 1. The molecule has 1 aliphatic rings. The number of phenolic OH excluding ortho intramolecular Hbond substituents is 1. The number of benzene rings is 3. The largest absolute Gasteiger partial charge is 0.502 e. The molecular formula is C23H22N2O5. The highest BCUT2D eigenvalue weighted by atomic mass is 16.5. The van der Waals surface area contributed by atoms with Gasteiger partial charge < -0.3 is 24.6 Å². The van der Waals surface area contributed by atoms with Gasteiger partial charge in [0.05, 0.1) is 32.6 Å². The van der Waals surface area contributed by atoms with Crippen LogP contribution in [0.1, 0.15) is 22.1 Å². The molecule has 0 saturated carbocycles. The molecule has 3 aromatic carbocycles. The van der Waals surface area contributed by atoms with E-state index in [1.165, 1.54) is 14.2 Å². The average molecular weight is 406 g/mol. The normalized spacial score (nSPS) is 15.2. The number of anilines is 2. The maximum atomic E-state index is 13.6. The number of para-hydroxylation sites is 3. The third-order valence-electron chi connectivity index (χ3n) is 5.09. The molecule has 1 amide bonds. The molecule has 3 aromatic rings. The topological polar surface area (TPSA) is 80.3 Å². The number of hydrogen-bond acceptors (Lipinski definition) is 6. The van der Waals surface area contributed by atoms with Crippen LogP contribution in [0.5, 0.6) is 23.0 Å². The number of carbonyl (C=O) groups is 1. The highest BCUT2D eigenvalue weighted by Crippen LogP contribution is 2.44. The Bertz CT molecular complexity index is 1070. The summed E-state index contributed by atoms with van der Waals surface area (Å²) in [7, 11) is 4.49. The minimum atomic E-state index is -0.591. The highest BCUT2D eigenvalue weighted by molar-refractivity contribution is 6.12. The Morgan fingerprint density at radius 2 is 1.47 bits per heavy atom. The van der Waals surface area contributed by atoms with Crippen molar-refractivity contribution in [1.29, 1.82) is 0 Å². The van der Waals surface area contributed by atoms with Crippen molar-refractivity contribution in [1.82, 2.24) is 0 Å². The molecule has 1 heterocycles. The van der Waals surface area contributed by atoms with E-state index in [9.17, 15) is 9.90 Å². The Labute approximate surface area is 174 Å². The molecule has 4 rings (SSSR count). The molecule has 0 aromatic heterocycles. The number of nitrogens with zero attached hydrogens (tertiary/aromatic N) is 1. The van der Waals surface area contributed by atoms with Crippen LogP contribution in [-0.4, -0.2) is 32.3 Å². The van der Waals surface area contributed by atoms with E-state index in [-0.39, 0.29) is 23.2 Å². The zero-order valence-electron chi connectivity index (χ0n) is 16.9. The Morgan fingerprint density at radius 1 is 0.867 bits per heavy atom. The van der Waals surface area contributed by atoms with Crippen molar-refractivity contribution < 1.29 is 24.1 Å². The second-order valence-corrected chi connectivity index (χ2v) is 6.71. The van der Waals surface area contributed by atoms with Crippen molar-refractivity contribution in [3.8, 4) is 23.0 Å². The molecule has 0 fully saturated rings. The predicted molar refractivity (Wildman–Crippen MR) is 114 cm³/mol. The molecule has 0 radical (unpaired) electrons. The fourth-order valence-corrected chi connectivity index (χ4v) is 3.64. The Kier molecular flexibility index (Phi) is 5.10. The summed E-state index contributed by atoms with van der Waals surface area (Å²) in [4.78, 5) is 15.2. The SMILES string of the molecule is COc1ccccc1N1C(=O)c2ccccc2N[C@@H]1c1cc(OC)c(O)c(OC)c1. The van der Waals surface area contributed by atoms with E-state index in [0.717, 1.165) is 0 Å². The minimum Gasteiger partial charge on any atom is -0.502 e. The van der Waals surface area contributed by atoms with Gasteiger partial charge in [0.15, 0.2) is 11.5 Å². The van der Waals surface area contributed by atoms with Crippen LogP contribution in [0.3, 0.4) is 0 Å². The highest BCUT2D eigenvalue weighted by Gasteiger charge is 2.36. The maximum absolute atomic E-state index is 13.6. The van der Waals surface area contributed by atoms with Crippen LogP contribution in [0, 0.1) is 0 Å². The summed E-state index contributed by atoms with van der Waals surface area (Å²) in [5, 5.41) is 13.7. The van der Waals surface area contributed by atoms with E-state index in [1.807, 2.05) is 36.4 Å². The number of methoxy groups -OCH3 is 3. The van der Waals surface area contributed by atoms with Gasteiger partial charge in [0, 0.05) is 11.3 Å². The second kappa shape index (κ2) is 7.87. The van der Waals surface area contributed by atoms with Gasteiger partial charge in [-0.1, -0.05) is 24.3 Å². The van der Waals surface area contributed by atoms with E-state index in [2.05, 4.69) is 5.32 Å². The quantitative estimate of drug-likeness (QED) is 0.661. The molecule has 0 bridgehead atoms. The summed E-state index contributed by atoms with van der Waals surface area (Å²) in [5.41, 5.74) is 2.56. The lowest BCUT2D eigenvalue weighted by Gasteiger charge is -2.38.